The van der Waals surface area contributed by atoms with Crippen LogP contribution in [0.5, 0.6) is 0 Å². The molecule has 132 valence electrons. The van der Waals surface area contributed by atoms with Gasteiger partial charge in [0.15, 0.2) is 11.6 Å². The number of benzene rings is 2. The highest BCUT2D eigenvalue weighted by molar-refractivity contribution is 6.32. The third-order valence-electron chi connectivity index (χ3n) is 4.01. The van der Waals surface area contributed by atoms with Gasteiger partial charge in [0.1, 0.15) is 0 Å². The third kappa shape index (κ3) is 2.93. The SMILES string of the molecule is NCC(=O)NCC(=O)Nc1ccc(N)c2c1C(=O)c1ccccc1C2=O. The summed E-state index contributed by atoms with van der Waals surface area (Å²) in [5.74, 6) is -1.82. The summed E-state index contributed by atoms with van der Waals surface area (Å²) in [4.78, 5) is 48.8. The Labute approximate surface area is 148 Å². The lowest BCUT2D eigenvalue weighted by Gasteiger charge is -2.21. The molecule has 0 bridgehead atoms. The summed E-state index contributed by atoms with van der Waals surface area (Å²) < 4.78 is 0. The average Bonchev–Trinajstić information content (AvgIpc) is 2.65. The van der Waals surface area contributed by atoms with Crippen LogP contribution >= 0.6 is 0 Å². The molecule has 0 spiro atoms. The van der Waals surface area contributed by atoms with Crippen molar-refractivity contribution >= 4 is 34.8 Å². The Bertz CT molecular complexity index is 952. The molecule has 0 atom stereocenters. The van der Waals surface area contributed by atoms with Gasteiger partial charge in [0.05, 0.1) is 29.9 Å². The van der Waals surface area contributed by atoms with E-state index in [1.807, 2.05) is 0 Å². The minimum absolute atomic E-state index is 0.0483. The predicted octanol–water partition coefficient (Wildman–Crippen LogP) is 0.0576. The Morgan fingerprint density at radius 2 is 1.50 bits per heavy atom. The van der Waals surface area contributed by atoms with Crippen LogP contribution in [0.4, 0.5) is 11.4 Å². The lowest BCUT2D eigenvalue weighted by molar-refractivity contribution is -0.123. The second-order valence-corrected chi connectivity index (χ2v) is 5.69. The van der Waals surface area contributed by atoms with Crippen molar-refractivity contribution in [3.63, 3.8) is 0 Å². The smallest absolute Gasteiger partial charge is 0.243 e. The van der Waals surface area contributed by atoms with E-state index in [2.05, 4.69) is 10.6 Å². The lowest BCUT2D eigenvalue weighted by atomic mass is 9.82. The molecule has 6 N–H and O–H groups in total. The zero-order chi connectivity index (χ0) is 18.8. The van der Waals surface area contributed by atoms with Crippen LogP contribution in [-0.4, -0.2) is 36.5 Å². The fraction of sp³-hybridized carbons (Fsp3) is 0.111. The molecule has 1 aliphatic carbocycles. The first-order chi connectivity index (χ1) is 12.4. The first-order valence-corrected chi connectivity index (χ1v) is 7.81. The Morgan fingerprint density at radius 3 is 2.12 bits per heavy atom. The van der Waals surface area contributed by atoms with Crippen molar-refractivity contribution in [2.24, 2.45) is 5.73 Å². The van der Waals surface area contributed by atoms with E-state index in [0.29, 0.717) is 0 Å². The Hall–Kier alpha value is -3.52. The predicted molar refractivity (Wildman–Crippen MR) is 94.9 cm³/mol. The van der Waals surface area contributed by atoms with Crippen molar-refractivity contribution in [3.8, 4) is 0 Å². The van der Waals surface area contributed by atoms with Gasteiger partial charge in [-0.1, -0.05) is 24.3 Å². The standard InChI is InChI=1S/C18H16N4O4/c19-7-13(23)21-8-14(24)22-12-6-5-11(20)15-16(12)18(26)10-4-2-1-3-9(10)17(15)25/h1-6H,7-8,19-20H2,(H,21,23)(H,22,24). The summed E-state index contributed by atoms with van der Waals surface area (Å²) in [6.45, 7) is -0.553. The zero-order valence-corrected chi connectivity index (χ0v) is 13.7. The maximum absolute atomic E-state index is 12.9. The van der Waals surface area contributed by atoms with E-state index in [-0.39, 0.29) is 52.5 Å². The number of ketones is 2. The first-order valence-electron chi connectivity index (χ1n) is 7.81. The lowest BCUT2D eigenvalue weighted by Crippen LogP contribution is -2.37. The van der Waals surface area contributed by atoms with Crippen LogP contribution in [0.15, 0.2) is 36.4 Å². The number of fused-ring (bicyclic) bond motifs is 2. The van der Waals surface area contributed by atoms with Crippen LogP contribution in [0.25, 0.3) is 0 Å². The highest BCUT2D eigenvalue weighted by Gasteiger charge is 2.33. The molecule has 1 aliphatic rings. The van der Waals surface area contributed by atoms with Crippen molar-refractivity contribution in [2.45, 2.75) is 0 Å². The summed E-state index contributed by atoms with van der Waals surface area (Å²) in [5, 5.41) is 4.86. The maximum Gasteiger partial charge on any atom is 0.243 e. The molecule has 0 aliphatic heterocycles. The number of nitrogen functional groups attached to an aromatic ring is 1. The van der Waals surface area contributed by atoms with Gasteiger partial charge in [-0.05, 0) is 12.1 Å². The maximum atomic E-state index is 12.9. The van der Waals surface area contributed by atoms with E-state index in [0.717, 1.165) is 0 Å². The fourth-order valence-corrected chi connectivity index (χ4v) is 2.80. The van der Waals surface area contributed by atoms with Crippen LogP contribution in [-0.2, 0) is 9.59 Å². The third-order valence-corrected chi connectivity index (χ3v) is 4.01. The number of hydrogen-bond donors (Lipinski definition) is 4. The van der Waals surface area contributed by atoms with Crippen LogP contribution in [0, 0.1) is 0 Å². The van der Waals surface area contributed by atoms with Gasteiger partial charge in [0.25, 0.3) is 0 Å². The van der Waals surface area contributed by atoms with Gasteiger partial charge >= 0.3 is 0 Å². The summed E-state index contributed by atoms with van der Waals surface area (Å²) >= 11 is 0. The molecule has 0 aromatic heterocycles. The molecule has 0 heterocycles. The number of amides is 2. The van der Waals surface area contributed by atoms with E-state index in [9.17, 15) is 19.2 Å². The number of nitrogens with one attached hydrogen (secondary N) is 2. The number of rotatable bonds is 4. The molecule has 3 rings (SSSR count). The summed E-state index contributed by atoms with van der Waals surface area (Å²) in [6, 6.07) is 9.33. The molecular formula is C18H16N4O4. The molecule has 0 unspecified atom stereocenters. The Morgan fingerprint density at radius 1 is 0.885 bits per heavy atom. The van der Waals surface area contributed by atoms with Gasteiger partial charge in [-0.15, -0.1) is 0 Å². The number of carbonyl (C=O) groups is 4. The molecule has 2 amide bonds. The van der Waals surface area contributed by atoms with Gasteiger partial charge in [0.2, 0.25) is 11.8 Å². The molecular weight excluding hydrogens is 336 g/mol. The number of hydrogen-bond acceptors (Lipinski definition) is 6. The highest BCUT2D eigenvalue weighted by Crippen LogP contribution is 2.35. The number of anilines is 2. The molecule has 0 fully saturated rings. The van der Waals surface area contributed by atoms with Gasteiger partial charge < -0.3 is 22.1 Å². The minimum atomic E-state index is -0.558. The average molecular weight is 352 g/mol. The second-order valence-electron chi connectivity index (χ2n) is 5.69. The summed E-state index contributed by atoms with van der Waals surface area (Å²) in [7, 11) is 0. The van der Waals surface area contributed by atoms with Crippen LogP contribution < -0.4 is 22.1 Å². The number of nitrogens with two attached hydrogens (primary N) is 2. The van der Waals surface area contributed by atoms with Crippen molar-refractivity contribution in [2.75, 3.05) is 24.1 Å². The van der Waals surface area contributed by atoms with E-state index in [1.165, 1.54) is 12.1 Å². The van der Waals surface area contributed by atoms with Crippen LogP contribution in [0.1, 0.15) is 31.8 Å². The molecule has 2 aromatic carbocycles. The largest absolute Gasteiger partial charge is 0.398 e. The summed E-state index contributed by atoms with van der Waals surface area (Å²) in [5.41, 5.74) is 12.0. The van der Waals surface area contributed by atoms with E-state index in [1.54, 1.807) is 24.3 Å². The van der Waals surface area contributed by atoms with Crippen molar-refractivity contribution in [1.82, 2.24) is 5.32 Å². The molecule has 0 saturated carbocycles. The van der Waals surface area contributed by atoms with Gasteiger partial charge in [-0.2, -0.15) is 0 Å². The number of carbonyl (C=O) groups excluding carboxylic acids is 4. The highest BCUT2D eigenvalue weighted by atomic mass is 16.2. The molecule has 26 heavy (non-hydrogen) atoms. The van der Waals surface area contributed by atoms with Crippen LogP contribution in [0.2, 0.25) is 0 Å². The second kappa shape index (κ2) is 6.77. The van der Waals surface area contributed by atoms with Crippen molar-refractivity contribution < 1.29 is 19.2 Å². The van der Waals surface area contributed by atoms with Crippen LogP contribution in [0.3, 0.4) is 0 Å². The van der Waals surface area contributed by atoms with E-state index < -0.39 is 17.6 Å². The van der Waals surface area contributed by atoms with Crippen molar-refractivity contribution in [3.05, 3.63) is 58.7 Å². The molecule has 2 aromatic rings. The topological polar surface area (TPSA) is 144 Å². The quantitative estimate of drug-likeness (QED) is 0.489. The Kier molecular flexibility index (Phi) is 4.51. The first kappa shape index (κ1) is 17.3. The monoisotopic (exact) mass is 352 g/mol. The molecule has 8 nitrogen and oxygen atoms in total. The van der Waals surface area contributed by atoms with E-state index >= 15 is 0 Å². The normalized spacial score (nSPS) is 12.2. The van der Waals surface area contributed by atoms with Gasteiger partial charge in [-0.3, -0.25) is 19.2 Å². The minimum Gasteiger partial charge on any atom is -0.398 e. The van der Waals surface area contributed by atoms with Gasteiger partial charge in [0, 0.05) is 16.8 Å². The van der Waals surface area contributed by atoms with E-state index in [4.69, 9.17) is 11.5 Å². The fourth-order valence-electron chi connectivity index (χ4n) is 2.80. The summed E-state index contributed by atoms with van der Waals surface area (Å²) in [6.07, 6.45) is 0. The molecule has 0 radical (unpaired) electrons. The zero-order valence-electron chi connectivity index (χ0n) is 13.7. The molecule has 0 saturated heterocycles. The van der Waals surface area contributed by atoms with Crippen molar-refractivity contribution in [1.29, 1.82) is 0 Å². The molecule has 8 heteroatoms. The Balaban J connectivity index is 1.98. The van der Waals surface area contributed by atoms with Gasteiger partial charge in [-0.25, -0.2) is 0 Å².